The first-order valence-electron chi connectivity index (χ1n) is 9.77. The van der Waals surface area contributed by atoms with E-state index in [1.165, 1.54) is 0 Å². The molecule has 9 heteroatoms. The van der Waals surface area contributed by atoms with Crippen molar-refractivity contribution in [1.29, 1.82) is 0 Å². The summed E-state index contributed by atoms with van der Waals surface area (Å²) in [7, 11) is 0. The Hall–Kier alpha value is -4.01. The third-order valence-electron chi connectivity index (χ3n) is 5.36. The van der Waals surface area contributed by atoms with E-state index in [0.717, 1.165) is 34.7 Å². The number of rotatable bonds is 3. The largest absolute Gasteiger partial charge is 0.402 e. The van der Waals surface area contributed by atoms with E-state index in [9.17, 15) is 0 Å². The summed E-state index contributed by atoms with van der Waals surface area (Å²) in [6, 6.07) is 14.0. The Labute approximate surface area is 171 Å². The second-order valence-corrected chi connectivity index (χ2v) is 7.31. The summed E-state index contributed by atoms with van der Waals surface area (Å²) >= 11 is 0. The van der Waals surface area contributed by atoms with Gasteiger partial charge in [-0.25, -0.2) is 14.5 Å². The Morgan fingerprint density at radius 2 is 2.10 bits per heavy atom. The van der Waals surface area contributed by atoms with Crippen LogP contribution in [0.25, 0.3) is 17.1 Å². The van der Waals surface area contributed by atoms with E-state index < -0.39 is 0 Å². The predicted octanol–water partition coefficient (Wildman–Crippen LogP) is 2.96. The number of pyridine rings is 2. The van der Waals surface area contributed by atoms with Crippen LogP contribution >= 0.6 is 0 Å². The maximum absolute atomic E-state index is 6.05. The van der Waals surface area contributed by atoms with Gasteiger partial charge in [0.05, 0.1) is 23.2 Å². The molecule has 30 heavy (non-hydrogen) atoms. The van der Waals surface area contributed by atoms with E-state index in [1.807, 2.05) is 54.0 Å². The lowest BCUT2D eigenvalue weighted by Gasteiger charge is -2.32. The molecule has 1 atom stereocenters. The molecule has 0 spiro atoms. The number of H-pyrrole nitrogens is 1. The van der Waals surface area contributed by atoms with Crippen LogP contribution < -0.4 is 4.90 Å². The minimum absolute atomic E-state index is 0.223. The van der Waals surface area contributed by atoms with Gasteiger partial charge < -0.3 is 14.3 Å². The van der Waals surface area contributed by atoms with Crippen molar-refractivity contribution in [1.82, 2.24) is 34.8 Å². The van der Waals surface area contributed by atoms with E-state index in [4.69, 9.17) is 9.52 Å². The van der Waals surface area contributed by atoms with Crippen molar-refractivity contribution in [3.8, 4) is 11.6 Å². The topological polar surface area (TPSA) is 101 Å². The molecule has 0 amide bonds. The lowest BCUT2D eigenvalue weighted by atomic mass is 10.0. The summed E-state index contributed by atoms with van der Waals surface area (Å²) in [5.41, 5.74) is 5.49. The molecule has 6 rings (SSSR count). The van der Waals surface area contributed by atoms with Crippen LogP contribution in [-0.4, -0.2) is 41.3 Å². The number of aryl methyl sites for hydroxylation is 1. The molecule has 0 saturated carbocycles. The Bertz CT molecular complexity index is 1320. The number of nitrogens with one attached hydrogen (secondary N) is 1. The highest BCUT2D eigenvalue weighted by atomic mass is 16.4. The zero-order chi connectivity index (χ0) is 20.1. The molecule has 0 saturated heterocycles. The Morgan fingerprint density at radius 3 is 3.00 bits per heavy atom. The van der Waals surface area contributed by atoms with Crippen LogP contribution in [0.4, 0.5) is 6.01 Å². The van der Waals surface area contributed by atoms with Crippen LogP contribution in [0.5, 0.6) is 0 Å². The van der Waals surface area contributed by atoms with E-state index >= 15 is 0 Å². The van der Waals surface area contributed by atoms with Crippen LogP contribution in [0, 0.1) is 6.92 Å². The maximum atomic E-state index is 6.05. The fraction of sp³-hybridized carbons (Fsp3) is 0.190. The number of fused-ring (bicyclic) bond motifs is 2. The maximum Gasteiger partial charge on any atom is 0.319 e. The average Bonchev–Trinajstić information content (AvgIpc) is 3.51. The normalized spacial score (nSPS) is 16.2. The van der Waals surface area contributed by atoms with Crippen molar-refractivity contribution < 1.29 is 4.42 Å². The summed E-state index contributed by atoms with van der Waals surface area (Å²) in [5, 5.41) is 13.4. The van der Waals surface area contributed by atoms with Crippen LogP contribution in [0.15, 0.2) is 59.4 Å². The SMILES string of the molecule is Cc1cccc(-c2nnc(N3CCc4[nH]cnc4C3c3cc4ccccn4n3)o2)n1. The van der Waals surface area contributed by atoms with Crippen molar-refractivity contribution >= 4 is 11.5 Å². The molecule has 1 N–H and O–H groups in total. The summed E-state index contributed by atoms with van der Waals surface area (Å²) < 4.78 is 7.92. The number of anilines is 1. The van der Waals surface area contributed by atoms with E-state index in [2.05, 4.69) is 36.1 Å². The van der Waals surface area contributed by atoms with Gasteiger partial charge in [-0.15, -0.1) is 5.10 Å². The Kier molecular flexibility index (Phi) is 3.67. The number of hydrogen-bond acceptors (Lipinski definition) is 7. The molecule has 0 bridgehead atoms. The van der Waals surface area contributed by atoms with Crippen molar-refractivity contribution in [3.05, 3.63) is 77.8 Å². The van der Waals surface area contributed by atoms with Crippen LogP contribution in [0.2, 0.25) is 0 Å². The molecular formula is C21H18N8O. The third-order valence-corrected chi connectivity index (χ3v) is 5.36. The van der Waals surface area contributed by atoms with Crippen LogP contribution in [0.1, 0.15) is 28.8 Å². The number of nitrogens with zero attached hydrogens (tertiary/aromatic N) is 7. The van der Waals surface area contributed by atoms with Gasteiger partial charge in [-0.2, -0.15) is 5.10 Å². The highest BCUT2D eigenvalue weighted by Crippen LogP contribution is 2.36. The second kappa shape index (κ2) is 6.51. The quantitative estimate of drug-likeness (QED) is 0.498. The molecule has 5 aromatic heterocycles. The fourth-order valence-corrected chi connectivity index (χ4v) is 3.97. The minimum Gasteiger partial charge on any atom is -0.402 e. The van der Waals surface area contributed by atoms with Crippen LogP contribution in [-0.2, 0) is 6.42 Å². The molecule has 148 valence electrons. The van der Waals surface area contributed by atoms with E-state index in [1.54, 1.807) is 6.33 Å². The van der Waals surface area contributed by atoms with Gasteiger partial charge in [-0.05, 0) is 37.3 Å². The van der Waals surface area contributed by atoms with Gasteiger partial charge in [0.25, 0.3) is 5.89 Å². The van der Waals surface area contributed by atoms with E-state index in [0.29, 0.717) is 24.1 Å². The lowest BCUT2D eigenvalue weighted by Crippen LogP contribution is -2.36. The Balaban J connectivity index is 1.44. The molecule has 9 nitrogen and oxygen atoms in total. The van der Waals surface area contributed by atoms with Crippen LogP contribution in [0.3, 0.4) is 0 Å². The number of aromatic nitrogens is 7. The van der Waals surface area contributed by atoms with Gasteiger partial charge in [0.15, 0.2) is 0 Å². The molecule has 0 aromatic carbocycles. The van der Waals surface area contributed by atoms with Gasteiger partial charge in [-0.1, -0.05) is 17.2 Å². The van der Waals surface area contributed by atoms with Crippen molar-refractivity contribution in [2.45, 2.75) is 19.4 Å². The number of aromatic amines is 1. The van der Waals surface area contributed by atoms with Crippen molar-refractivity contribution in [2.24, 2.45) is 0 Å². The Morgan fingerprint density at radius 1 is 1.13 bits per heavy atom. The highest BCUT2D eigenvalue weighted by molar-refractivity contribution is 5.53. The molecule has 0 radical (unpaired) electrons. The number of hydrogen-bond donors (Lipinski definition) is 1. The van der Waals surface area contributed by atoms with Gasteiger partial charge in [0.2, 0.25) is 0 Å². The predicted molar refractivity (Wildman–Crippen MR) is 109 cm³/mol. The summed E-state index contributed by atoms with van der Waals surface area (Å²) in [6.45, 7) is 2.64. The first kappa shape index (κ1) is 16.9. The summed E-state index contributed by atoms with van der Waals surface area (Å²) in [5.74, 6) is 0.398. The standard InChI is InChI=1S/C21H18N8O/c1-13-5-4-7-16(24-13)20-25-26-21(30-20)28-10-8-15-18(23-12-22-15)19(28)17-11-14-6-2-3-9-29(14)27-17/h2-7,9,11-12,19H,8,10H2,1H3,(H,22,23). The first-order valence-corrected chi connectivity index (χ1v) is 9.77. The minimum atomic E-state index is -0.223. The molecule has 6 heterocycles. The molecule has 1 unspecified atom stereocenters. The smallest absolute Gasteiger partial charge is 0.319 e. The molecule has 1 aliphatic heterocycles. The monoisotopic (exact) mass is 398 g/mol. The zero-order valence-corrected chi connectivity index (χ0v) is 16.2. The average molecular weight is 398 g/mol. The van der Waals surface area contributed by atoms with Crippen molar-refractivity contribution in [2.75, 3.05) is 11.4 Å². The van der Waals surface area contributed by atoms with Gasteiger partial charge in [0.1, 0.15) is 11.7 Å². The highest BCUT2D eigenvalue weighted by Gasteiger charge is 2.36. The van der Waals surface area contributed by atoms with Gasteiger partial charge >= 0.3 is 6.01 Å². The first-order chi connectivity index (χ1) is 14.8. The summed E-state index contributed by atoms with van der Waals surface area (Å²) in [4.78, 5) is 14.4. The fourth-order valence-electron chi connectivity index (χ4n) is 3.97. The number of imidazole rings is 1. The molecule has 1 aliphatic rings. The molecule has 5 aromatic rings. The van der Waals surface area contributed by atoms with Gasteiger partial charge in [0, 0.05) is 30.6 Å². The second-order valence-electron chi connectivity index (χ2n) is 7.31. The van der Waals surface area contributed by atoms with E-state index in [-0.39, 0.29) is 6.04 Å². The molecular weight excluding hydrogens is 380 g/mol. The van der Waals surface area contributed by atoms with Gasteiger partial charge in [-0.3, -0.25) is 0 Å². The lowest BCUT2D eigenvalue weighted by molar-refractivity contribution is 0.502. The molecule has 0 aliphatic carbocycles. The zero-order valence-electron chi connectivity index (χ0n) is 16.2. The molecule has 0 fully saturated rings. The third kappa shape index (κ3) is 2.66. The summed E-state index contributed by atoms with van der Waals surface area (Å²) in [6.07, 6.45) is 4.47. The van der Waals surface area contributed by atoms with Crippen molar-refractivity contribution in [3.63, 3.8) is 0 Å².